The van der Waals surface area contributed by atoms with E-state index >= 15 is 0 Å². The lowest BCUT2D eigenvalue weighted by molar-refractivity contribution is 0.0155. The molecule has 1 aliphatic rings. The highest BCUT2D eigenvalue weighted by Gasteiger charge is 2.31. The molecule has 1 aromatic carbocycles. The van der Waals surface area contributed by atoms with Crippen LogP contribution in [0.1, 0.15) is 39.2 Å². The number of rotatable bonds is 5. The Morgan fingerprint density at radius 2 is 1.85 bits per heavy atom. The Morgan fingerprint density at radius 1 is 1.22 bits per heavy atom. The monoisotopic (exact) mass is 378 g/mol. The Morgan fingerprint density at radius 3 is 2.41 bits per heavy atom. The van der Waals surface area contributed by atoms with Crippen LogP contribution >= 0.6 is 0 Å². The summed E-state index contributed by atoms with van der Waals surface area (Å²) in [7, 11) is 0. The molecule has 0 bridgehead atoms. The smallest absolute Gasteiger partial charge is 0.410 e. The van der Waals surface area contributed by atoms with Crippen LogP contribution in [0.5, 0.6) is 0 Å². The fourth-order valence-electron chi connectivity index (χ4n) is 3.04. The number of nitrogens with one attached hydrogen (secondary N) is 1. The third kappa shape index (κ3) is 7.09. The summed E-state index contributed by atoms with van der Waals surface area (Å²) >= 11 is 0. The zero-order chi connectivity index (χ0) is 19.9. The van der Waals surface area contributed by atoms with E-state index in [2.05, 4.69) is 5.32 Å². The first-order valence-electron chi connectivity index (χ1n) is 9.34. The Labute approximate surface area is 160 Å². The predicted molar refractivity (Wildman–Crippen MR) is 101 cm³/mol. The molecule has 1 aliphatic heterocycles. The van der Waals surface area contributed by atoms with Gasteiger partial charge in [-0.1, -0.05) is 30.3 Å². The average molecular weight is 378 g/mol. The summed E-state index contributed by atoms with van der Waals surface area (Å²) in [4.78, 5) is 25.8. The Hall–Kier alpha value is -2.28. The molecule has 1 saturated heterocycles. The van der Waals surface area contributed by atoms with Crippen LogP contribution in [0.4, 0.5) is 9.59 Å². The molecule has 2 amide bonds. The maximum absolute atomic E-state index is 12.1. The fourth-order valence-corrected chi connectivity index (χ4v) is 3.04. The Kier molecular flexibility index (Phi) is 7.47. The molecule has 0 saturated carbocycles. The summed E-state index contributed by atoms with van der Waals surface area (Å²) < 4.78 is 10.6. The molecular weight excluding hydrogens is 348 g/mol. The Balaban J connectivity index is 1.77. The SMILES string of the molecule is CC(C)(C)OC(=O)N1CCC([C@@H](CO)NC(=O)OCc2ccccc2)CC1. The maximum Gasteiger partial charge on any atom is 0.410 e. The van der Waals surface area contributed by atoms with E-state index in [9.17, 15) is 14.7 Å². The van der Waals surface area contributed by atoms with Crippen molar-refractivity contribution in [1.29, 1.82) is 0 Å². The molecule has 2 N–H and O–H groups in total. The van der Waals surface area contributed by atoms with E-state index in [0.29, 0.717) is 25.9 Å². The summed E-state index contributed by atoms with van der Waals surface area (Å²) in [5.74, 6) is 0.0814. The van der Waals surface area contributed by atoms with Crippen LogP contribution in [-0.2, 0) is 16.1 Å². The first-order valence-corrected chi connectivity index (χ1v) is 9.34. The minimum Gasteiger partial charge on any atom is -0.445 e. The van der Waals surface area contributed by atoms with Crippen molar-refractivity contribution in [2.45, 2.75) is 51.9 Å². The number of carbonyl (C=O) groups is 2. The number of carbonyl (C=O) groups excluding carboxylic acids is 2. The maximum atomic E-state index is 12.1. The number of amides is 2. The molecule has 27 heavy (non-hydrogen) atoms. The number of piperidine rings is 1. The lowest BCUT2D eigenvalue weighted by atomic mass is 9.90. The summed E-state index contributed by atoms with van der Waals surface area (Å²) in [5.41, 5.74) is 0.380. The van der Waals surface area contributed by atoms with Gasteiger partial charge in [0.1, 0.15) is 12.2 Å². The second-order valence-corrected chi connectivity index (χ2v) is 7.80. The zero-order valence-electron chi connectivity index (χ0n) is 16.3. The number of hydrogen-bond acceptors (Lipinski definition) is 5. The van der Waals surface area contributed by atoms with E-state index < -0.39 is 17.7 Å². The van der Waals surface area contributed by atoms with Crippen LogP contribution < -0.4 is 5.32 Å². The van der Waals surface area contributed by atoms with E-state index in [-0.39, 0.29) is 25.2 Å². The van der Waals surface area contributed by atoms with Gasteiger partial charge in [-0.25, -0.2) is 9.59 Å². The van der Waals surface area contributed by atoms with Crippen molar-refractivity contribution >= 4 is 12.2 Å². The van der Waals surface area contributed by atoms with Gasteiger partial charge in [0, 0.05) is 13.1 Å². The van der Waals surface area contributed by atoms with E-state index in [1.165, 1.54) is 0 Å². The normalized spacial score (nSPS) is 16.5. The van der Waals surface area contributed by atoms with Crippen LogP contribution in [0.25, 0.3) is 0 Å². The second kappa shape index (κ2) is 9.60. The number of aliphatic hydroxyl groups is 1. The third-order valence-electron chi connectivity index (χ3n) is 4.47. The highest BCUT2D eigenvalue weighted by Crippen LogP contribution is 2.22. The summed E-state index contributed by atoms with van der Waals surface area (Å²) in [5, 5.41) is 12.4. The van der Waals surface area contributed by atoms with Crippen molar-refractivity contribution in [2.24, 2.45) is 5.92 Å². The van der Waals surface area contributed by atoms with Crippen molar-refractivity contribution < 1.29 is 24.2 Å². The van der Waals surface area contributed by atoms with Crippen molar-refractivity contribution in [1.82, 2.24) is 10.2 Å². The number of benzene rings is 1. The van der Waals surface area contributed by atoms with E-state index in [1.807, 2.05) is 51.1 Å². The molecule has 1 atom stereocenters. The van der Waals surface area contributed by atoms with Gasteiger partial charge in [-0.2, -0.15) is 0 Å². The number of nitrogens with zero attached hydrogens (tertiary/aromatic N) is 1. The van der Waals surface area contributed by atoms with Gasteiger partial charge in [0.15, 0.2) is 0 Å². The highest BCUT2D eigenvalue weighted by molar-refractivity contribution is 5.68. The topological polar surface area (TPSA) is 88.1 Å². The standard InChI is InChI=1S/C20H30N2O5/c1-20(2,3)27-19(25)22-11-9-16(10-12-22)17(13-23)21-18(24)26-14-15-7-5-4-6-8-15/h4-8,16-17,23H,9-14H2,1-3H3,(H,21,24)/t17-/m1/s1. The number of aliphatic hydroxyl groups excluding tert-OH is 1. The van der Waals surface area contributed by atoms with Crippen LogP contribution in [0.15, 0.2) is 30.3 Å². The molecule has 1 heterocycles. The van der Waals surface area contributed by atoms with Gasteiger partial charge in [-0.3, -0.25) is 0 Å². The van der Waals surface area contributed by atoms with Crippen molar-refractivity contribution in [3.05, 3.63) is 35.9 Å². The minimum atomic E-state index is -0.549. The molecule has 7 nitrogen and oxygen atoms in total. The van der Waals surface area contributed by atoms with Gasteiger partial charge < -0.3 is 24.8 Å². The molecule has 0 aliphatic carbocycles. The number of hydrogen-bond donors (Lipinski definition) is 2. The number of alkyl carbamates (subject to hydrolysis) is 1. The van der Waals surface area contributed by atoms with Gasteiger partial charge >= 0.3 is 12.2 Å². The van der Waals surface area contributed by atoms with Gasteiger partial charge in [0.05, 0.1) is 12.6 Å². The number of ether oxygens (including phenoxy) is 2. The van der Waals surface area contributed by atoms with Gasteiger partial charge in [-0.15, -0.1) is 0 Å². The molecule has 1 aromatic rings. The van der Waals surface area contributed by atoms with Crippen molar-refractivity contribution in [3.63, 3.8) is 0 Å². The third-order valence-corrected chi connectivity index (χ3v) is 4.47. The molecule has 0 radical (unpaired) electrons. The lowest BCUT2D eigenvalue weighted by Gasteiger charge is -2.36. The highest BCUT2D eigenvalue weighted by atomic mass is 16.6. The van der Waals surface area contributed by atoms with Crippen LogP contribution in [-0.4, -0.2) is 53.5 Å². The zero-order valence-corrected chi connectivity index (χ0v) is 16.3. The molecule has 0 aromatic heterocycles. The van der Waals surface area contributed by atoms with Crippen molar-refractivity contribution in [2.75, 3.05) is 19.7 Å². The second-order valence-electron chi connectivity index (χ2n) is 7.80. The van der Waals surface area contributed by atoms with Gasteiger partial charge in [-0.05, 0) is 45.1 Å². The minimum absolute atomic E-state index is 0.0814. The quantitative estimate of drug-likeness (QED) is 0.822. The molecule has 0 unspecified atom stereocenters. The van der Waals surface area contributed by atoms with Crippen LogP contribution in [0, 0.1) is 5.92 Å². The van der Waals surface area contributed by atoms with Crippen LogP contribution in [0.2, 0.25) is 0 Å². The van der Waals surface area contributed by atoms with Gasteiger partial charge in [0.25, 0.3) is 0 Å². The summed E-state index contributed by atoms with van der Waals surface area (Å²) in [6.07, 6.45) is 0.497. The molecule has 0 spiro atoms. The fraction of sp³-hybridized carbons (Fsp3) is 0.600. The number of likely N-dealkylation sites (tertiary alicyclic amines) is 1. The van der Waals surface area contributed by atoms with E-state index in [4.69, 9.17) is 9.47 Å². The molecule has 2 rings (SSSR count). The average Bonchev–Trinajstić information content (AvgIpc) is 2.64. The first-order chi connectivity index (χ1) is 12.8. The summed E-state index contributed by atoms with van der Waals surface area (Å²) in [6.45, 7) is 6.60. The molecule has 7 heteroatoms. The van der Waals surface area contributed by atoms with E-state index in [1.54, 1.807) is 4.90 Å². The molecule has 150 valence electrons. The van der Waals surface area contributed by atoms with Crippen molar-refractivity contribution in [3.8, 4) is 0 Å². The first kappa shape index (κ1) is 21.0. The Bertz CT molecular complexity index is 607. The molecule has 1 fully saturated rings. The predicted octanol–water partition coefficient (Wildman–Crippen LogP) is 2.92. The van der Waals surface area contributed by atoms with Crippen LogP contribution in [0.3, 0.4) is 0 Å². The largest absolute Gasteiger partial charge is 0.445 e. The summed E-state index contributed by atoms with van der Waals surface area (Å²) in [6, 6.07) is 9.02. The van der Waals surface area contributed by atoms with Gasteiger partial charge in [0.2, 0.25) is 0 Å². The molecular formula is C20H30N2O5. The lowest BCUT2D eigenvalue weighted by Crippen LogP contribution is -2.49. The van der Waals surface area contributed by atoms with E-state index in [0.717, 1.165) is 5.56 Å².